The van der Waals surface area contributed by atoms with Gasteiger partial charge in [-0.2, -0.15) is 13.2 Å². The first-order chi connectivity index (χ1) is 12.9. The Balaban J connectivity index is 2.42. The van der Waals surface area contributed by atoms with Crippen molar-refractivity contribution in [2.75, 3.05) is 30.4 Å². The van der Waals surface area contributed by atoms with Gasteiger partial charge in [-0.1, -0.05) is 11.2 Å². The first-order valence-corrected chi connectivity index (χ1v) is 7.72. The molecule has 3 N–H and O–H groups in total. The van der Waals surface area contributed by atoms with Crippen LogP contribution in [0.5, 0.6) is 0 Å². The number of carbonyl (C=O) groups is 1. The van der Waals surface area contributed by atoms with Crippen molar-refractivity contribution in [3.05, 3.63) is 35.5 Å². The van der Waals surface area contributed by atoms with Crippen molar-refractivity contribution in [2.45, 2.75) is 12.6 Å². The van der Waals surface area contributed by atoms with Crippen LogP contribution in [0.25, 0.3) is 0 Å². The molecule has 0 unspecified atom stereocenters. The van der Waals surface area contributed by atoms with Gasteiger partial charge in [0.1, 0.15) is 7.11 Å². The van der Waals surface area contributed by atoms with Crippen LogP contribution in [0.4, 0.5) is 24.7 Å². The first-order valence-electron chi connectivity index (χ1n) is 7.72. The summed E-state index contributed by atoms with van der Waals surface area (Å²) in [5.74, 6) is -0.0681. The molecule has 2 aromatic rings. The van der Waals surface area contributed by atoms with E-state index >= 15 is 0 Å². The molecule has 0 fully saturated rings. The molecule has 0 aliphatic heterocycles. The number of rotatable bonds is 8. The molecular formula is C15H17F3N6O3. The zero-order chi connectivity index (χ0) is 19.9. The third kappa shape index (κ3) is 4.94. The number of carbonyl (C=O) groups excluding carboxylic acids is 1. The standard InChI is InChI=1S/C15H17F3N6O3/c1-26-23-14(12-13(22-27-21-12)20-7-3-6-19)24(9-25)11-5-2-4-10(8-11)15(16,17)18/h2,4-5,8-9H,3,6-7,19H2,1H3,(H,20,22)/b23-14-. The van der Waals surface area contributed by atoms with Crippen LogP contribution in [0.1, 0.15) is 17.7 Å². The number of amidine groups is 1. The lowest BCUT2D eigenvalue weighted by Gasteiger charge is -2.19. The van der Waals surface area contributed by atoms with E-state index in [0.29, 0.717) is 19.5 Å². The summed E-state index contributed by atoms with van der Waals surface area (Å²) in [4.78, 5) is 17.2. The molecular weight excluding hydrogens is 369 g/mol. The van der Waals surface area contributed by atoms with E-state index in [0.717, 1.165) is 17.0 Å². The van der Waals surface area contributed by atoms with E-state index in [2.05, 4.69) is 25.4 Å². The van der Waals surface area contributed by atoms with Gasteiger partial charge in [-0.15, -0.1) is 0 Å². The van der Waals surface area contributed by atoms with Gasteiger partial charge in [-0.05, 0) is 41.5 Å². The molecule has 0 saturated heterocycles. The monoisotopic (exact) mass is 386 g/mol. The largest absolute Gasteiger partial charge is 0.416 e. The summed E-state index contributed by atoms with van der Waals surface area (Å²) in [6.07, 6.45) is -3.67. The second-order valence-electron chi connectivity index (χ2n) is 5.15. The highest BCUT2D eigenvalue weighted by molar-refractivity contribution is 6.19. The lowest BCUT2D eigenvalue weighted by atomic mass is 10.1. The molecule has 1 amide bonds. The maximum absolute atomic E-state index is 13.0. The van der Waals surface area contributed by atoms with Crippen LogP contribution < -0.4 is 16.0 Å². The quantitative estimate of drug-likeness (QED) is 0.233. The summed E-state index contributed by atoms with van der Waals surface area (Å²) in [5.41, 5.74) is 4.38. The smallest absolute Gasteiger partial charge is 0.397 e. The molecule has 2 rings (SSSR count). The Morgan fingerprint density at radius 3 is 2.85 bits per heavy atom. The zero-order valence-corrected chi connectivity index (χ0v) is 14.2. The van der Waals surface area contributed by atoms with Crippen molar-refractivity contribution < 1.29 is 27.4 Å². The fourth-order valence-electron chi connectivity index (χ4n) is 2.11. The minimum Gasteiger partial charge on any atom is -0.397 e. The van der Waals surface area contributed by atoms with E-state index in [1.165, 1.54) is 19.2 Å². The van der Waals surface area contributed by atoms with Crippen molar-refractivity contribution >= 4 is 23.8 Å². The fraction of sp³-hybridized carbons (Fsp3) is 0.333. The van der Waals surface area contributed by atoms with Crippen LogP contribution in [0.15, 0.2) is 34.1 Å². The van der Waals surface area contributed by atoms with Gasteiger partial charge in [0.15, 0.2) is 5.69 Å². The van der Waals surface area contributed by atoms with Crippen LogP contribution in [0.3, 0.4) is 0 Å². The van der Waals surface area contributed by atoms with E-state index in [-0.39, 0.29) is 29.4 Å². The first kappa shape index (κ1) is 20.2. The summed E-state index contributed by atoms with van der Waals surface area (Å²) >= 11 is 0. The number of aromatic nitrogens is 2. The number of benzene rings is 1. The van der Waals surface area contributed by atoms with Crippen molar-refractivity contribution in [2.24, 2.45) is 10.9 Å². The van der Waals surface area contributed by atoms with Crippen molar-refractivity contribution in [3.63, 3.8) is 0 Å². The Kier molecular flexibility index (Phi) is 6.71. The minimum absolute atomic E-state index is 0.0154. The number of amides is 1. The number of hydrogen-bond acceptors (Lipinski definition) is 8. The van der Waals surface area contributed by atoms with Gasteiger partial charge >= 0.3 is 6.18 Å². The predicted molar refractivity (Wildman–Crippen MR) is 90.0 cm³/mol. The highest BCUT2D eigenvalue weighted by Crippen LogP contribution is 2.32. The molecule has 0 spiro atoms. The van der Waals surface area contributed by atoms with Gasteiger partial charge < -0.3 is 15.9 Å². The number of anilines is 2. The van der Waals surface area contributed by atoms with Gasteiger partial charge in [-0.3, -0.25) is 9.69 Å². The molecule has 1 heterocycles. The normalized spacial score (nSPS) is 12.0. The molecule has 0 atom stereocenters. The van der Waals surface area contributed by atoms with E-state index in [1.807, 2.05) is 0 Å². The Morgan fingerprint density at radius 1 is 1.44 bits per heavy atom. The fourth-order valence-corrected chi connectivity index (χ4v) is 2.11. The second kappa shape index (κ2) is 8.98. The van der Waals surface area contributed by atoms with Gasteiger partial charge in [0.25, 0.3) is 0 Å². The lowest BCUT2D eigenvalue weighted by molar-refractivity contribution is -0.137. The number of halogens is 3. The summed E-state index contributed by atoms with van der Waals surface area (Å²) in [6.45, 7) is 0.861. The molecule has 146 valence electrons. The van der Waals surface area contributed by atoms with Gasteiger partial charge in [0, 0.05) is 6.54 Å². The Hall–Kier alpha value is -3.15. The molecule has 0 aliphatic rings. The molecule has 12 heteroatoms. The van der Waals surface area contributed by atoms with Crippen LogP contribution in [-0.2, 0) is 15.8 Å². The zero-order valence-electron chi connectivity index (χ0n) is 14.2. The van der Waals surface area contributed by atoms with E-state index in [4.69, 9.17) is 10.6 Å². The minimum atomic E-state index is -4.58. The van der Waals surface area contributed by atoms with Crippen molar-refractivity contribution in [3.8, 4) is 0 Å². The molecule has 0 radical (unpaired) electrons. The van der Waals surface area contributed by atoms with Gasteiger partial charge in [0.2, 0.25) is 18.1 Å². The highest BCUT2D eigenvalue weighted by Gasteiger charge is 2.32. The van der Waals surface area contributed by atoms with Crippen molar-refractivity contribution in [1.29, 1.82) is 0 Å². The van der Waals surface area contributed by atoms with Gasteiger partial charge in [0.05, 0.1) is 11.3 Å². The number of nitrogens with zero attached hydrogens (tertiary/aromatic N) is 4. The number of oxime groups is 1. The second-order valence-corrected chi connectivity index (χ2v) is 5.15. The number of nitrogens with one attached hydrogen (secondary N) is 1. The Morgan fingerprint density at radius 2 is 2.22 bits per heavy atom. The van der Waals surface area contributed by atoms with Crippen LogP contribution in [0, 0.1) is 0 Å². The summed E-state index contributed by atoms with van der Waals surface area (Å²) < 4.78 is 43.6. The molecule has 1 aromatic heterocycles. The summed E-state index contributed by atoms with van der Waals surface area (Å²) in [7, 11) is 1.21. The van der Waals surface area contributed by atoms with Crippen LogP contribution >= 0.6 is 0 Å². The number of hydrogen-bond donors (Lipinski definition) is 2. The number of alkyl halides is 3. The SMILES string of the molecule is CO/N=C(/c1nonc1NCCCN)N(C=O)c1cccc(C(F)(F)F)c1. The topological polar surface area (TPSA) is 119 Å². The average Bonchev–Trinajstić information content (AvgIpc) is 3.10. The third-order valence-electron chi connectivity index (χ3n) is 3.34. The van der Waals surface area contributed by atoms with E-state index in [9.17, 15) is 18.0 Å². The summed E-state index contributed by atoms with van der Waals surface area (Å²) in [5, 5.41) is 13.9. The highest BCUT2D eigenvalue weighted by atomic mass is 19.4. The van der Waals surface area contributed by atoms with Crippen molar-refractivity contribution in [1.82, 2.24) is 10.3 Å². The molecule has 9 nitrogen and oxygen atoms in total. The third-order valence-corrected chi connectivity index (χ3v) is 3.34. The lowest BCUT2D eigenvalue weighted by Crippen LogP contribution is -2.32. The summed E-state index contributed by atoms with van der Waals surface area (Å²) in [6, 6.07) is 4.16. The molecule has 0 aliphatic carbocycles. The maximum Gasteiger partial charge on any atom is 0.416 e. The molecule has 27 heavy (non-hydrogen) atoms. The Labute approximate surface area is 151 Å². The molecule has 0 saturated carbocycles. The van der Waals surface area contributed by atoms with E-state index in [1.54, 1.807) is 0 Å². The van der Waals surface area contributed by atoms with Crippen LogP contribution in [0.2, 0.25) is 0 Å². The Bertz CT molecular complexity index is 793. The van der Waals surface area contributed by atoms with Gasteiger partial charge in [-0.25, -0.2) is 4.63 Å². The molecule has 1 aromatic carbocycles. The number of nitrogens with two attached hydrogens (primary N) is 1. The average molecular weight is 386 g/mol. The van der Waals surface area contributed by atoms with Crippen LogP contribution in [-0.4, -0.2) is 42.8 Å². The predicted octanol–water partition coefficient (Wildman–Crippen LogP) is 1.82. The van der Waals surface area contributed by atoms with E-state index < -0.39 is 11.7 Å². The molecule has 0 bridgehead atoms. The maximum atomic E-state index is 13.0.